The molecule has 2 aromatic rings. The van der Waals surface area contributed by atoms with Gasteiger partial charge in [0.25, 0.3) is 0 Å². The Bertz CT molecular complexity index is 792. The van der Waals surface area contributed by atoms with E-state index in [2.05, 4.69) is 4.72 Å². The summed E-state index contributed by atoms with van der Waals surface area (Å²) >= 11 is 7.49. The first kappa shape index (κ1) is 16.0. The second-order valence-corrected chi connectivity index (χ2v) is 7.70. The van der Waals surface area contributed by atoms with Gasteiger partial charge in [-0.15, -0.1) is 11.3 Å². The predicted octanol–water partition coefficient (Wildman–Crippen LogP) is 3.31. The van der Waals surface area contributed by atoms with Crippen LogP contribution in [-0.4, -0.2) is 8.42 Å². The Morgan fingerprint density at radius 3 is 2.62 bits per heavy atom. The second kappa shape index (κ2) is 6.58. The lowest BCUT2D eigenvalue weighted by Crippen LogP contribution is -2.23. The summed E-state index contributed by atoms with van der Waals surface area (Å²) in [5.74, 6) is 0. The Morgan fingerprint density at radius 2 is 2.00 bits per heavy atom. The maximum atomic E-state index is 12.3. The lowest BCUT2D eigenvalue weighted by molar-refractivity contribution is 0.582. The number of aryl methyl sites for hydroxylation is 1. The monoisotopic (exact) mass is 340 g/mol. The van der Waals surface area contributed by atoms with Gasteiger partial charge < -0.3 is 0 Å². The number of benzene rings is 1. The average Bonchev–Trinajstić information content (AvgIpc) is 2.94. The zero-order valence-electron chi connectivity index (χ0n) is 11.3. The van der Waals surface area contributed by atoms with Crippen molar-refractivity contribution in [3.8, 4) is 6.07 Å². The molecule has 1 aromatic carbocycles. The fraction of sp³-hybridized carbons (Fsp3) is 0.214. The highest BCUT2D eigenvalue weighted by atomic mass is 35.5. The molecule has 0 unspecified atom stereocenters. The number of rotatable bonds is 5. The van der Waals surface area contributed by atoms with Gasteiger partial charge in [-0.3, -0.25) is 0 Å². The summed E-state index contributed by atoms with van der Waals surface area (Å²) in [5, 5.41) is 8.95. The first-order chi connectivity index (χ1) is 9.96. The van der Waals surface area contributed by atoms with E-state index in [1.165, 1.54) is 23.1 Å². The molecule has 0 bridgehead atoms. The molecule has 0 fully saturated rings. The summed E-state index contributed by atoms with van der Waals surface area (Å²) in [6, 6.07) is 9.95. The van der Waals surface area contributed by atoms with Gasteiger partial charge in [-0.1, -0.05) is 18.5 Å². The van der Waals surface area contributed by atoms with Crippen LogP contribution in [0.3, 0.4) is 0 Å². The smallest absolute Gasteiger partial charge is 0.207 e. The molecule has 21 heavy (non-hydrogen) atoms. The molecular formula is C14H13ClN2O2S2. The maximum absolute atomic E-state index is 12.3. The summed E-state index contributed by atoms with van der Waals surface area (Å²) < 4.78 is 27.1. The molecule has 1 heterocycles. The van der Waals surface area contributed by atoms with Gasteiger partial charge in [0.1, 0.15) is 4.90 Å². The third-order valence-corrected chi connectivity index (χ3v) is 5.96. The molecule has 0 aliphatic rings. The highest BCUT2D eigenvalue weighted by Gasteiger charge is 2.18. The summed E-state index contributed by atoms with van der Waals surface area (Å²) in [6.07, 6.45) is 0.924. The average molecular weight is 341 g/mol. The SMILES string of the molecule is CCc1ccc(CNS(=O)(=O)c2cc(C#N)ccc2Cl)s1. The van der Waals surface area contributed by atoms with Crippen LogP contribution in [0.2, 0.25) is 5.02 Å². The molecule has 4 nitrogen and oxygen atoms in total. The number of hydrogen-bond donors (Lipinski definition) is 1. The van der Waals surface area contributed by atoms with Crippen LogP contribution in [0.25, 0.3) is 0 Å². The van der Waals surface area contributed by atoms with Crippen LogP contribution in [0.15, 0.2) is 35.2 Å². The van der Waals surface area contributed by atoms with Crippen LogP contribution in [-0.2, 0) is 23.0 Å². The Balaban J connectivity index is 2.20. The molecule has 1 aromatic heterocycles. The Morgan fingerprint density at radius 1 is 1.29 bits per heavy atom. The van der Waals surface area contributed by atoms with Crippen LogP contribution >= 0.6 is 22.9 Å². The van der Waals surface area contributed by atoms with Gasteiger partial charge in [-0.05, 0) is 36.8 Å². The lowest BCUT2D eigenvalue weighted by Gasteiger charge is -2.07. The van der Waals surface area contributed by atoms with Crippen molar-refractivity contribution in [2.45, 2.75) is 24.8 Å². The maximum Gasteiger partial charge on any atom is 0.242 e. The third kappa shape index (κ3) is 3.83. The molecule has 1 N–H and O–H groups in total. The molecule has 110 valence electrons. The molecule has 0 saturated carbocycles. The molecule has 0 amide bonds. The summed E-state index contributed by atoms with van der Waals surface area (Å²) in [7, 11) is -3.75. The van der Waals surface area contributed by atoms with Gasteiger partial charge in [-0.2, -0.15) is 5.26 Å². The summed E-state index contributed by atoms with van der Waals surface area (Å²) in [6.45, 7) is 2.26. The minimum atomic E-state index is -3.75. The zero-order chi connectivity index (χ0) is 15.5. The number of nitrogens with one attached hydrogen (secondary N) is 1. The highest BCUT2D eigenvalue weighted by Crippen LogP contribution is 2.23. The van der Waals surface area contributed by atoms with Crippen molar-refractivity contribution >= 4 is 33.0 Å². The van der Waals surface area contributed by atoms with Gasteiger partial charge in [0.15, 0.2) is 0 Å². The van der Waals surface area contributed by atoms with Gasteiger partial charge in [0, 0.05) is 16.3 Å². The summed E-state index contributed by atoms with van der Waals surface area (Å²) in [4.78, 5) is 2.06. The third-order valence-electron chi connectivity index (χ3n) is 2.85. The minimum absolute atomic E-state index is 0.0736. The summed E-state index contributed by atoms with van der Waals surface area (Å²) in [5.41, 5.74) is 0.254. The van der Waals surface area contributed by atoms with Gasteiger partial charge in [-0.25, -0.2) is 13.1 Å². The topological polar surface area (TPSA) is 70.0 Å². The van der Waals surface area contributed by atoms with Crippen molar-refractivity contribution in [1.82, 2.24) is 4.72 Å². The highest BCUT2D eigenvalue weighted by molar-refractivity contribution is 7.89. The van der Waals surface area contributed by atoms with E-state index in [1.54, 1.807) is 11.3 Å². The normalized spacial score (nSPS) is 11.3. The fourth-order valence-electron chi connectivity index (χ4n) is 1.73. The number of nitriles is 1. The molecule has 7 heteroatoms. The number of nitrogens with zero attached hydrogens (tertiary/aromatic N) is 1. The van der Waals surface area contributed by atoms with Crippen LogP contribution in [0.4, 0.5) is 0 Å². The largest absolute Gasteiger partial charge is 0.242 e. The quantitative estimate of drug-likeness (QED) is 0.907. The fourth-order valence-corrected chi connectivity index (χ4v) is 4.25. The first-order valence-corrected chi connectivity index (χ1v) is 8.91. The Kier molecular flexibility index (Phi) is 5.01. The number of halogens is 1. The number of hydrogen-bond acceptors (Lipinski definition) is 4. The van der Waals surface area contributed by atoms with Crippen LogP contribution in [0.5, 0.6) is 0 Å². The van der Waals surface area contributed by atoms with E-state index in [0.717, 1.165) is 11.3 Å². The van der Waals surface area contributed by atoms with Crippen molar-refractivity contribution in [2.75, 3.05) is 0 Å². The van der Waals surface area contributed by atoms with E-state index in [1.807, 2.05) is 25.1 Å². The van der Waals surface area contributed by atoms with Crippen molar-refractivity contribution in [2.24, 2.45) is 0 Å². The number of sulfonamides is 1. The molecule has 0 spiro atoms. The first-order valence-electron chi connectivity index (χ1n) is 6.23. The predicted molar refractivity (Wildman–Crippen MR) is 83.9 cm³/mol. The van der Waals surface area contributed by atoms with Crippen molar-refractivity contribution in [3.05, 3.63) is 50.7 Å². The molecule has 0 saturated heterocycles. The van der Waals surface area contributed by atoms with E-state index in [-0.39, 0.29) is 22.0 Å². The molecule has 0 aliphatic carbocycles. The van der Waals surface area contributed by atoms with Gasteiger partial charge in [0.2, 0.25) is 10.0 Å². The van der Waals surface area contributed by atoms with E-state index in [0.29, 0.717) is 0 Å². The van der Waals surface area contributed by atoms with Crippen molar-refractivity contribution < 1.29 is 8.42 Å². The molecular weight excluding hydrogens is 328 g/mol. The van der Waals surface area contributed by atoms with E-state index in [9.17, 15) is 8.42 Å². The van der Waals surface area contributed by atoms with Crippen molar-refractivity contribution in [3.63, 3.8) is 0 Å². The van der Waals surface area contributed by atoms with E-state index >= 15 is 0 Å². The minimum Gasteiger partial charge on any atom is -0.207 e. The molecule has 2 rings (SSSR count). The second-order valence-electron chi connectivity index (χ2n) is 4.30. The van der Waals surface area contributed by atoms with E-state index in [4.69, 9.17) is 16.9 Å². The molecule has 0 atom stereocenters. The standard InChI is InChI=1S/C14H13ClN2O2S2/c1-2-11-4-5-12(20-11)9-17-21(18,19)14-7-10(8-16)3-6-13(14)15/h3-7,17H,2,9H2,1H3. The van der Waals surface area contributed by atoms with E-state index < -0.39 is 10.0 Å². The van der Waals surface area contributed by atoms with Gasteiger partial charge >= 0.3 is 0 Å². The van der Waals surface area contributed by atoms with Gasteiger partial charge in [0.05, 0.1) is 16.7 Å². The number of thiophene rings is 1. The van der Waals surface area contributed by atoms with Crippen LogP contribution < -0.4 is 4.72 Å². The zero-order valence-corrected chi connectivity index (χ0v) is 13.6. The lowest BCUT2D eigenvalue weighted by atomic mass is 10.2. The van der Waals surface area contributed by atoms with Crippen molar-refractivity contribution in [1.29, 1.82) is 5.26 Å². The Labute approximate surface area is 133 Å². The Hall–Kier alpha value is -1.39. The van der Waals surface area contributed by atoms with Crippen LogP contribution in [0, 0.1) is 11.3 Å². The molecule has 0 aliphatic heterocycles. The molecule has 0 radical (unpaired) electrons. The van der Waals surface area contributed by atoms with Crippen LogP contribution in [0.1, 0.15) is 22.2 Å².